The lowest BCUT2D eigenvalue weighted by atomic mass is 9.65. The van der Waals surface area contributed by atoms with Gasteiger partial charge in [0, 0.05) is 23.5 Å². The molecule has 0 fully saturated rings. The number of nitro groups is 1. The van der Waals surface area contributed by atoms with Gasteiger partial charge in [-0.15, -0.1) is 0 Å². The van der Waals surface area contributed by atoms with Crippen molar-refractivity contribution in [3.8, 4) is 0 Å². The molecule has 2 aliphatic carbocycles. The Labute approximate surface area is 106 Å². The van der Waals surface area contributed by atoms with Crippen molar-refractivity contribution in [1.29, 1.82) is 0 Å². The highest BCUT2D eigenvalue weighted by molar-refractivity contribution is 5.57. The minimum Gasteiger partial charge on any atom is -0.258 e. The lowest BCUT2D eigenvalue weighted by molar-refractivity contribution is -0.385. The zero-order valence-corrected chi connectivity index (χ0v) is 10.5. The van der Waals surface area contributed by atoms with E-state index in [0.29, 0.717) is 5.92 Å². The van der Waals surface area contributed by atoms with E-state index in [1.54, 1.807) is 12.1 Å². The second kappa shape index (κ2) is 3.80. The van der Waals surface area contributed by atoms with Crippen LogP contribution in [0.3, 0.4) is 0 Å². The van der Waals surface area contributed by atoms with Crippen LogP contribution in [0, 0.1) is 16.0 Å². The molecule has 0 saturated carbocycles. The first-order valence-corrected chi connectivity index (χ1v) is 6.20. The average Bonchev–Trinajstić information content (AvgIpc) is 2.27. The third-order valence-corrected chi connectivity index (χ3v) is 4.04. The Morgan fingerprint density at radius 1 is 1.28 bits per heavy atom. The largest absolute Gasteiger partial charge is 0.273 e. The zero-order chi connectivity index (χ0) is 12.9. The molecule has 2 unspecified atom stereocenters. The first-order chi connectivity index (χ1) is 8.59. The second-order valence-electron chi connectivity index (χ2n) is 5.25. The fraction of sp³-hybridized carbons (Fsp3) is 0.333. The number of fused-ring (bicyclic) bond motifs is 3. The van der Waals surface area contributed by atoms with Crippen LogP contribution in [0.4, 0.5) is 5.69 Å². The van der Waals surface area contributed by atoms with Gasteiger partial charge in [-0.3, -0.25) is 10.1 Å². The minimum atomic E-state index is -0.254. The van der Waals surface area contributed by atoms with Gasteiger partial charge in [0.05, 0.1) is 4.92 Å². The summed E-state index contributed by atoms with van der Waals surface area (Å²) < 4.78 is 0. The van der Waals surface area contributed by atoms with Crippen LogP contribution in [0.5, 0.6) is 0 Å². The number of nitrogens with zero attached hydrogens (tertiary/aromatic N) is 1. The minimum absolute atomic E-state index is 0.209. The highest BCUT2D eigenvalue weighted by atomic mass is 16.6. The SMILES string of the molecule is CC(C)=C1Cc2cccc([N+](=O)[O-])c2C2C=CC12. The Morgan fingerprint density at radius 2 is 2.00 bits per heavy atom. The van der Waals surface area contributed by atoms with Crippen molar-refractivity contribution in [3.63, 3.8) is 0 Å². The standard InChI is InChI=1S/C15H15NO2/c1-9(2)13-8-10-4-3-5-14(16(17)18)15(10)12-7-6-11(12)13/h3-7,11-12H,8H2,1-2H3. The average molecular weight is 241 g/mol. The van der Waals surface area contributed by atoms with Crippen LogP contribution in [0.25, 0.3) is 0 Å². The molecule has 0 bridgehead atoms. The van der Waals surface area contributed by atoms with E-state index >= 15 is 0 Å². The van der Waals surface area contributed by atoms with E-state index in [0.717, 1.165) is 17.5 Å². The molecule has 18 heavy (non-hydrogen) atoms. The van der Waals surface area contributed by atoms with E-state index in [1.165, 1.54) is 11.1 Å². The summed E-state index contributed by atoms with van der Waals surface area (Å²) in [6.07, 6.45) is 5.12. The lowest BCUT2D eigenvalue weighted by Crippen LogP contribution is -2.27. The summed E-state index contributed by atoms with van der Waals surface area (Å²) in [5.74, 6) is 0.587. The molecule has 3 nitrogen and oxygen atoms in total. The lowest BCUT2D eigenvalue weighted by Gasteiger charge is -2.38. The van der Waals surface area contributed by atoms with E-state index < -0.39 is 0 Å². The number of benzene rings is 1. The van der Waals surface area contributed by atoms with Crippen LogP contribution in [0.1, 0.15) is 30.9 Å². The van der Waals surface area contributed by atoms with Gasteiger partial charge >= 0.3 is 0 Å². The highest BCUT2D eigenvalue weighted by Gasteiger charge is 2.39. The van der Waals surface area contributed by atoms with Crippen LogP contribution < -0.4 is 0 Å². The fourth-order valence-corrected chi connectivity index (χ4v) is 3.07. The van der Waals surface area contributed by atoms with Gasteiger partial charge < -0.3 is 0 Å². The predicted octanol–water partition coefficient (Wildman–Crippen LogP) is 3.76. The monoisotopic (exact) mass is 241 g/mol. The topological polar surface area (TPSA) is 43.1 Å². The van der Waals surface area contributed by atoms with Gasteiger partial charge in [0.15, 0.2) is 0 Å². The summed E-state index contributed by atoms with van der Waals surface area (Å²) in [6.45, 7) is 4.25. The summed E-state index contributed by atoms with van der Waals surface area (Å²) in [5, 5.41) is 11.1. The van der Waals surface area contributed by atoms with Gasteiger partial charge in [0.1, 0.15) is 0 Å². The Balaban J connectivity index is 2.20. The first kappa shape index (κ1) is 11.2. The molecular formula is C15H15NO2. The van der Waals surface area contributed by atoms with Gasteiger partial charge in [-0.25, -0.2) is 0 Å². The van der Waals surface area contributed by atoms with Gasteiger partial charge in [-0.05, 0) is 25.8 Å². The van der Waals surface area contributed by atoms with E-state index in [2.05, 4.69) is 26.0 Å². The fourth-order valence-electron chi connectivity index (χ4n) is 3.07. The van der Waals surface area contributed by atoms with E-state index in [4.69, 9.17) is 0 Å². The maximum Gasteiger partial charge on any atom is 0.273 e. The molecule has 1 aromatic carbocycles. The Hall–Kier alpha value is -1.90. The Bertz CT molecular complexity index is 595. The van der Waals surface area contributed by atoms with Crippen LogP contribution in [-0.2, 0) is 6.42 Å². The molecule has 2 atom stereocenters. The molecule has 3 rings (SSSR count). The molecule has 0 spiro atoms. The normalized spacial score (nSPS) is 24.0. The molecule has 2 aliphatic rings. The zero-order valence-electron chi connectivity index (χ0n) is 10.5. The van der Waals surface area contributed by atoms with Crippen molar-refractivity contribution in [2.45, 2.75) is 26.2 Å². The number of rotatable bonds is 1. The van der Waals surface area contributed by atoms with Crippen LogP contribution >= 0.6 is 0 Å². The van der Waals surface area contributed by atoms with Crippen LogP contribution in [-0.4, -0.2) is 4.92 Å². The van der Waals surface area contributed by atoms with Gasteiger partial charge in [-0.1, -0.05) is 35.4 Å². The maximum absolute atomic E-state index is 11.1. The summed E-state index contributed by atoms with van der Waals surface area (Å²) in [6, 6.07) is 5.44. The number of allylic oxidation sites excluding steroid dienone is 4. The smallest absolute Gasteiger partial charge is 0.258 e. The van der Waals surface area contributed by atoms with Gasteiger partial charge in [-0.2, -0.15) is 0 Å². The van der Waals surface area contributed by atoms with Crippen molar-refractivity contribution in [1.82, 2.24) is 0 Å². The van der Waals surface area contributed by atoms with Crippen molar-refractivity contribution in [2.24, 2.45) is 5.92 Å². The molecule has 3 heteroatoms. The summed E-state index contributed by atoms with van der Waals surface area (Å²) in [5.41, 5.74) is 5.09. The number of hydrogen-bond acceptors (Lipinski definition) is 2. The first-order valence-electron chi connectivity index (χ1n) is 6.20. The third kappa shape index (κ3) is 1.43. The summed E-state index contributed by atoms with van der Waals surface area (Å²) >= 11 is 0. The maximum atomic E-state index is 11.1. The molecule has 0 N–H and O–H groups in total. The quantitative estimate of drug-likeness (QED) is 0.427. The van der Waals surface area contributed by atoms with Gasteiger partial charge in [0.2, 0.25) is 0 Å². The highest BCUT2D eigenvalue weighted by Crippen LogP contribution is 2.50. The predicted molar refractivity (Wildman–Crippen MR) is 70.5 cm³/mol. The molecule has 0 amide bonds. The Morgan fingerprint density at radius 3 is 2.56 bits per heavy atom. The number of nitro benzene ring substituents is 1. The van der Waals surface area contributed by atoms with E-state index in [9.17, 15) is 10.1 Å². The molecule has 0 heterocycles. The molecular weight excluding hydrogens is 226 g/mol. The molecule has 0 radical (unpaired) electrons. The molecule has 0 saturated heterocycles. The number of hydrogen-bond donors (Lipinski definition) is 0. The molecule has 0 aromatic heterocycles. The second-order valence-corrected chi connectivity index (χ2v) is 5.25. The Kier molecular flexibility index (Phi) is 2.37. The molecule has 1 aromatic rings. The van der Waals surface area contributed by atoms with Crippen molar-refractivity contribution in [3.05, 3.63) is 62.7 Å². The van der Waals surface area contributed by atoms with Gasteiger partial charge in [0.25, 0.3) is 5.69 Å². The molecule has 0 aliphatic heterocycles. The third-order valence-electron chi connectivity index (χ3n) is 4.04. The summed E-state index contributed by atoms with van der Waals surface area (Å²) in [7, 11) is 0. The van der Waals surface area contributed by atoms with E-state index in [-0.39, 0.29) is 16.5 Å². The van der Waals surface area contributed by atoms with Crippen molar-refractivity contribution >= 4 is 5.69 Å². The van der Waals surface area contributed by atoms with Crippen LogP contribution in [0.2, 0.25) is 0 Å². The van der Waals surface area contributed by atoms with Crippen molar-refractivity contribution < 1.29 is 4.92 Å². The van der Waals surface area contributed by atoms with Crippen molar-refractivity contribution in [2.75, 3.05) is 0 Å². The van der Waals surface area contributed by atoms with E-state index in [1.807, 2.05) is 6.07 Å². The molecule has 92 valence electrons. The van der Waals surface area contributed by atoms with Crippen LogP contribution in [0.15, 0.2) is 41.5 Å². The summed E-state index contributed by atoms with van der Waals surface area (Å²) in [4.78, 5) is 10.9.